The van der Waals surface area contributed by atoms with Crippen molar-refractivity contribution in [3.63, 3.8) is 0 Å². The number of nitrogens with zero attached hydrogens (tertiary/aromatic N) is 6. The van der Waals surface area contributed by atoms with Gasteiger partial charge in [-0.05, 0) is 0 Å². The summed E-state index contributed by atoms with van der Waals surface area (Å²) in [4.78, 5) is 25.5. The van der Waals surface area contributed by atoms with E-state index in [1.807, 2.05) is 104 Å². The van der Waals surface area contributed by atoms with Crippen LogP contribution in [0.1, 0.15) is 20.7 Å². The Bertz CT molecular complexity index is 2170. The quantitative estimate of drug-likeness (QED) is 0.271. The van der Waals surface area contributed by atoms with Crippen molar-refractivity contribution in [1.82, 2.24) is 0 Å². The third kappa shape index (κ3) is 1.91. The van der Waals surface area contributed by atoms with Crippen LogP contribution < -0.4 is 19.9 Å². The van der Waals surface area contributed by atoms with Crippen molar-refractivity contribution < 1.29 is 51.3 Å². The summed E-state index contributed by atoms with van der Waals surface area (Å²) in [6.07, 6.45) is 10.9. The molecule has 6 aromatic rings. The van der Waals surface area contributed by atoms with Gasteiger partial charge in [-0.1, -0.05) is 0 Å². The van der Waals surface area contributed by atoms with Crippen molar-refractivity contribution in [2.75, 3.05) is 0 Å². The summed E-state index contributed by atoms with van der Waals surface area (Å²) < 4.78 is 12.1. The zero-order valence-corrected chi connectivity index (χ0v) is 25.3. The van der Waals surface area contributed by atoms with Crippen molar-refractivity contribution >= 4 is 21.6 Å². The number of halogens is 1. The standard InChI is InChI=1S/C12H8N2O4.2C10H8N2.ClH.Ru/c15-11(16)7-1-3-9(13-5-7)10-4-2-8(6-14-10)12(17)18;2*1-3-7-11-9(5-1)10-6-2-4-8-12-10;;/h1-6H,(H,15,16)(H,17,18);2*1-8H;1H;/q;;;;+7/p-1. The fourth-order valence-corrected chi connectivity index (χ4v) is 30.6. The third-order valence-electron chi connectivity index (χ3n) is 8.95. The molecular formula is C32H24ClN6O4Ru+6. The van der Waals surface area contributed by atoms with Crippen LogP contribution in [-0.4, -0.2) is 22.2 Å². The molecule has 2 N–H and O–H groups in total. The number of carboxylic acid groups (broad SMARTS) is 2. The average molecular weight is 693 g/mol. The number of pyridine rings is 6. The molecule has 1 spiro atoms. The minimum absolute atomic E-state index is 0.0143. The Balaban J connectivity index is 1.82. The van der Waals surface area contributed by atoms with Gasteiger partial charge in [0.2, 0.25) is 0 Å². The zero-order valence-electron chi connectivity index (χ0n) is 22.8. The van der Waals surface area contributed by atoms with Gasteiger partial charge in [-0.2, -0.15) is 0 Å². The predicted molar refractivity (Wildman–Crippen MR) is 149 cm³/mol. The van der Waals surface area contributed by atoms with E-state index in [2.05, 4.69) is 13.2 Å². The monoisotopic (exact) mass is 693 g/mol. The Morgan fingerprint density at radius 2 is 0.750 bits per heavy atom. The number of rotatable bonds is 2. The van der Waals surface area contributed by atoms with Gasteiger partial charge in [0.25, 0.3) is 0 Å². The number of carboxylic acids is 2. The molecule has 215 valence electrons. The number of hydrogen-bond donors (Lipinski definition) is 2. The van der Waals surface area contributed by atoms with Crippen LogP contribution in [0.3, 0.4) is 0 Å². The molecule has 12 heteroatoms. The van der Waals surface area contributed by atoms with Gasteiger partial charge in [0.1, 0.15) is 0 Å². The number of fused-ring (bicyclic) bond motifs is 9. The van der Waals surface area contributed by atoms with Crippen molar-refractivity contribution in [2.24, 2.45) is 0 Å². The van der Waals surface area contributed by atoms with Crippen LogP contribution in [0.2, 0.25) is 0 Å². The molecule has 9 rings (SSSR count). The first kappa shape index (κ1) is 25.3. The van der Waals surface area contributed by atoms with Crippen LogP contribution in [0.4, 0.5) is 0 Å². The molecule has 0 aliphatic carbocycles. The van der Waals surface area contributed by atoms with E-state index >= 15 is 0 Å². The SMILES string of the molecule is O=C(O)c1ccc2[n+](c1)[Ru]13([Cl])([n+]4ccccc4-c4cccc[n+]41)([n+]1ccccc1-c1cccc[n+]13)[n+]1cc(C(=O)O)ccc1-2. The van der Waals surface area contributed by atoms with Gasteiger partial charge in [-0.25, -0.2) is 0 Å². The topological polar surface area (TPSA) is 97.9 Å². The molecule has 0 atom stereocenters. The van der Waals surface area contributed by atoms with Gasteiger partial charge in [-0.15, -0.1) is 0 Å². The van der Waals surface area contributed by atoms with E-state index in [4.69, 9.17) is 0 Å². The Morgan fingerprint density at radius 3 is 1.05 bits per heavy atom. The second kappa shape index (κ2) is 6.94. The first-order valence-corrected chi connectivity index (χ1v) is 20.5. The number of carbonyl (C=O) groups is 2. The van der Waals surface area contributed by atoms with Gasteiger partial charge in [0.05, 0.1) is 0 Å². The Labute approximate surface area is 251 Å². The molecule has 9 heterocycles. The van der Waals surface area contributed by atoms with Crippen LogP contribution in [0, 0.1) is 0 Å². The van der Waals surface area contributed by atoms with Crippen LogP contribution in [0.5, 0.6) is 0 Å². The van der Waals surface area contributed by atoms with E-state index in [0.717, 1.165) is 22.8 Å². The maximum absolute atomic E-state index is 12.8. The van der Waals surface area contributed by atoms with Gasteiger partial charge >= 0.3 is 253 Å². The van der Waals surface area contributed by atoms with E-state index in [1.165, 1.54) is 0 Å². The van der Waals surface area contributed by atoms with Crippen LogP contribution in [-0.2, 0) is 11.7 Å². The first-order chi connectivity index (χ1) is 21.2. The molecular weight excluding hydrogens is 669 g/mol. The number of hydrogen-bond acceptors (Lipinski definition) is 2. The fourth-order valence-electron chi connectivity index (χ4n) is 7.38. The fraction of sp³-hybridized carbons (Fsp3) is 0. The Hall–Kier alpha value is -5.25. The zero-order chi connectivity index (χ0) is 30.2. The molecule has 0 unspecified atom stereocenters. The second-order valence-corrected chi connectivity index (χ2v) is 27.0. The molecule has 3 aliphatic rings. The summed E-state index contributed by atoms with van der Waals surface area (Å²) in [6, 6.07) is 29.8. The van der Waals surface area contributed by atoms with Crippen molar-refractivity contribution in [2.45, 2.75) is 0 Å². The molecule has 0 saturated carbocycles. The summed E-state index contributed by atoms with van der Waals surface area (Å²) >= 11 is -7.55. The molecule has 0 bridgehead atoms. The predicted octanol–water partition coefficient (Wildman–Crippen LogP) is 1.74. The Kier molecular flexibility index (Phi) is 3.98. The summed E-state index contributed by atoms with van der Waals surface area (Å²) in [5.41, 5.74) is 4.24. The van der Waals surface area contributed by atoms with Crippen LogP contribution in [0.25, 0.3) is 34.2 Å². The van der Waals surface area contributed by atoms with Crippen LogP contribution >= 0.6 is 9.69 Å². The molecule has 3 aliphatic heterocycles. The summed E-state index contributed by atoms with van der Waals surface area (Å²) in [5.74, 6) is -2.25. The average Bonchev–Trinajstić information content (AvgIpc) is 3.50. The minimum atomic E-state index is -7.55. The molecule has 0 amide bonds. The molecule has 0 saturated heterocycles. The maximum atomic E-state index is 12.8. The van der Waals surface area contributed by atoms with Crippen molar-refractivity contribution in [1.29, 1.82) is 0 Å². The molecule has 0 radical (unpaired) electrons. The van der Waals surface area contributed by atoms with E-state index in [1.54, 1.807) is 36.7 Å². The van der Waals surface area contributed by atoms with E-state index in [9.17, 15) is 29.5 Å². The van der Waals surface area contributed by atoms with Gasteiger partial charge < -0.3 is 0 Å². The second-order valence-electron chi connectivity index (χ2n) is 10.8. The molecule has 44 heavy (non-hydrogen) atoms. The number of aromatic nitrogens is 6. The number of aromatic carboxylic acids is 2. The molecule has 0 fully saturated rings. The van der Waals surface area contributed by atoms with E-state index in [-0.39, 0.29) is 11.1 Å². The van der Waals surface area contributed by atoms with E-state index < -0.39 is 23.6 Å². The van der Waals surface area contributed by atoms with Gasteiger partial charge in [0, 0.05) is 0 Å². The third-order valence-corrected chi connectivity index (χ3v) is 30.7. The summed E-state index contributed by atoms with van der Waals surface area (Å²) in [7, 11) is 9.51. The van der Waals surface area contributed by atoms with Crippen molar-refractivity contribution in [3.05, 3.63) is 145 Å². The summed E-state index contributed by atoms with van der Waals surface area (Å²) in [5, 5.41) is 20.9. The van der Waals surface area contributed by atoms with Gasteiger partial charge in [-0.3, -0.25) is 0 Å². The summed E-state index contributed by atoms with van der Waals surface area (Å²) in [6.45, 7) is 0. The van der Waals surface area contributed by atoms with Crippen LogP contribution in [0.15, 0.2) is 134 Å². The molecule has 10 nitrogen and oxygen atoms in total. The van der Waals surface area contributed by atoms with Gasteiger partial charge in [0.15, 0.2) is 0 Å². The molecule has 6 aromatic heterocycles. The molecule has 0 aromatic carbocycles. The normalized spacial score (nSPS) is 19.7. The Morgan fingerprint density at radius 1 is 0.455 bits per heavy atom. The first-order valence-electron chi connectivity index (χ1n) is 13.6. The van der Waals surface area contributed by atoms with Crippen molar-refractivity contribution in [3.8, 4) is 34.2 Å². The van der Waals surface area contributed by atoms with E-state index in [0.29, 0.717) is 11.4 Å².